The summed E-state index contributed by atoms with van der Waals surface area (Å²) in [6, 6.07) is 0. The molecule has 0 aliphatic heterocycles. The van der Waals surface area contributed by atoms with Crippen LogP contribution in [0, 0.1) is 0 Å². The standard InChI is InChI=1S/C23H47NO4/c1-4-5-6-7-8-9-10-11-12-13-14-15-16-17-18-19-20-23(2,21(25)26)24(3)22(27)28/h22,27-28H,4-20H2,1-3H3,(H,25,26). The molecule has 0 heterocycles. The van der Waals surface area contributed by atoms with E-state index >= 15 is 0 Å². The Morgan fingerprint density at radius 1 is 0.750 bits per heavy atom. The lowest BCUT2D eigenvalue weighted by Gasteiger charge is -2.35. The number of hydrogen-bond acceptors (Lipinski definition) is 4. The quantitative estimate of drug-likeness (QED) is 0.181. The molecule has 0 aliphatic rings. The molecular weight excluding hydrogens is 354 g/mol. The fraction of sp³-hybridized carbons (Fsp3) is 0.957. The zero-order valence-corrected chi connectivity index (χ0v) is 18.8. The van der Waals surface area contributed by atoms with Gasteiger partial charge in [0.1, 0.15) is 5.54 Å². The molecule has 0 saturated carbocycles. The van der Waals surface area contributed by atoms with Crippen molar-refractivity contribution in [2.75, 3.05) is 7.05 Å². The third-order valence-electron chi connectivity index (χ3n) is 6.10. The van der Waals surface area contributed by atoms with E-state index in [0.29, 0.717) is 6.42 Å². The van der Waals surface area contributed by atoms with E-state index in [1.54, 1.807) is 6.92 Å². The van der Waals surface area contributed by atoms with Gasteiger partial charge in [-0.2, -0.15) is 0 Å². The van der Waals surface area contributed by atoms with Gasteiger partial charge in [-0.05, 0) is 20.4 Å². The monoisotopic (exact) mass is 401 g/mol. The van der Waals surface area contributed by atoms with Crippen LogP contribution in [-0.2, 0) is 4.79 Å². The number of hydrogen-bond donors (Lipinski definition) is 3. The first-order valence-corrected chi connectivity index (χ1v) is 11.7. The van der Waals surface area contributed by atoms with Gasteiger partial charge in [0.05, 0.1) is 0 Å². The van der Waals surface area contributed by atoms with Gasteiger partial charge in [-0.25, -0.2) is 4.90 Å². The highest BCUT2D eigenvalue weighted by atomic mass is 16.5. The van der Waals surface area contributed by atoms with E-state index in [4.69, 9.17) is 0 Å². The normalized spacial score (nSPS) is 14.0. The van der Waals surface area contributed by atoms with Crippen LogP contribution >= 0.6 is 0 Å². The summed E-state index contributed by atoms with van der Waals surface area (Å²) < 4.78 is 0. The van der Waals surface area contributed by atoms with Crippen LogP contribution < -0.4 is 0 Å². The number of likely N-dealkylation sites (N-methyl/N-ethyl adjacent to an activating group) is 1. The lowest BCUT2D eigenvalue weighted by Crippen LogP contribution is -2.54. The molecule has 1 unspecified atom stereocenters. The van der Waals surface area contributed by atoms with Crippen LogP contribution in [0.1, 0.15) is 123 Å². The second-order valence-electron chi connectivity index (χ2n) is 8.59. The molecule has 0 amide bonds. The molecule has 3 N–H and O–H groups in total. The second kappa shape index (κ2) is 17.2. The number of unbranched alkanes of at least 4 members (excludes halogenated alkanes) is 15. The zero-order chi connectivity index (χ0) is 21.3. The molecule has 28 heavy (non-hydrogen) atoms. The van der Waals surface area contributed by atoms with E-state index in [1.165, 1.54) is 90.5 Å². The van der Waals surface area contributed by atoms with Crippen molar-refractivity contribution in [2.45, 2.75) is 135 Å². The highest BCUT2D eigenvalue weighted by Crippen LogP contribution is 2.23. The van der Waals surface area contributed by atoms with Crippen molar-refractivity contribution in [3.63, 3.8) is 0 Å². The maximum absolute atomic E-state index is 11.5. The van der Waals surface area contributed by atoms with E-state index in [0.717, 1.165) is 24.2 Å². The minimum Gasteiger partial charge on any atom is -0.480 e. The maximum atomic E-state index is 11.5. The SMILES string of the molecule is CCCCCCCCCCCCCCCCCCC(C)(C(=O)O)N(C)C(O)O. The van der Waals surface area contributed by atoms with Crippen LogP contribution in [0.15, 0.2) is 0 Å². The lowest BCUT2D eigenvalue weighted by molar-refractivity contribution is -0.195. The Morgan fingerprint density at radius 2 is 1.07 bits per heavy atom. The first-order chi connectivity index (χ1) is 13.4. The number of aliphatic hydroxyl groups excluding tert-OH is 1. The molecule has 168 valence electrons. The molecule has 0 aromatic carbocycles. The summed E-state index contributed by atoms with van der Waals surface area (Å²) in [6.45, 7) is 3.82. The number of carbonyl (C=O) groups is 1. The number of nitrogens with zero attached hydrogens (tertiary/aromatic N) is 1. The van der Waals surface area contributed by atoms with Gasteiger partial charge >= 0.3 is 5.97 Å². The molecule has 5 heteroatoms. The van der Waals surface area contributed by atoms with Crippen LogP contribution in [0.5, 0.6) is 0 Å². The first kappa shape index (κ1) is 27.4. The summed E-state index contributed by atoms with van der Waals surface area (Å²) in [4.78, 5) is 12.6. The van der Waals surface area contributed by atoms with Crippen LogP contribution in [0.3, 0.4) is 0 Å². The second-order valence-corrected chi connectivity index (χ2v) is 8.59. The van der Waals surface area contributed by atoms with Crippen molar-refractivity contribution >= 4 is 5.97 Å². The Kier molecular flexibility index (Phi) is 16.8. The Labute approximate surface area is 173 Å². The van der Waals surface area contributed by atoms with Gasteiger partial charge in [0, 0.05) is 0 Å². The minimum absolute atomic E-state index is 0.425. The smallest absolute Gasteiger partial charge is 0.323 e. The van der Waals surface area contributed by atoms with Crippen molar-refractivity contribution < 1.29 is 20.1 Å². The highest BCUT2D eigenvalue weighted by Gasteiger charge is 2.39. The maximum Gasteiger partial charge on any atom is 0.323 e. The summed E-state index contributed by atoms with van der Waals surface area (Å²) in [6.07, 6.45) is 19.2. The third kappa shape index (κ3) is 12.7. The van der Waals surface area contributed by atoms with Gasteiger partial charge in [0.25, 0.3) is 0 Å². The van der Waals surface area contributed by atoms with E-state index in [9.17, 15) is 20.1 Å². The molecule has 0 fully saturated rings. The van der Waals surface area contributed by atoms with Gasteiger partial charge in [-0.15, -0.1) is 0 Å². The number of carboxylic acid groups (broad SMARTS) is 1. The molecule has 0 spiro atoms. The zero-order valence-electron chi connectivity index (χ0n) is 18.8. The van der Waals surface area contributed by atoms with Crippen molar-refractivity contribution in [3.05, 3.63) is 0 Å². The van der Waals surface area contributed by atoms with Crippen molar-refractivity contribution in [1.82, 2.24) is 4.90 Å². The number of carboxylic acids is 1. The molecule has 5 nitrogen and oxygen atoms in total. The van der Waals surface area contributed by atoms with Crippen molar-refractivity contribution in [1.29, 1.82) is 0 Å². The Morgan fingerprint density at radius 3 is 1.36 bits per heavy atom. The average Bonchev–Trinajstić information content (AvgIpc) is 2.66. The van der Waals surface area contributed by atoms with E-state index in [-0.39, 0.29) is 0 Å². The highest BCUT2D eigenvalue weighted by molar-refractivity contribution is 5.78. The van der Waals surface area contributed by atoms with Crippen molar-refractivity contribution in [2.24, 2.45) is 0 Å². The fourth-order valence-corrected chi connectivity index (χ4v) is 3.71. The summed E-state index contributed by atoms with van der Waals surface area (Å²) in [5.41, 5.74) is -1.23. The average molecular weight is 402 g/mol. The summed E-state index contributed by atoms with van der Waals surface area (Å²) in [5, 5.41) is 27.9. The van der Waals surface area contributed by atoms with E-state index < -0.39 is 17.9 Å². The van der Waals surface area contributed by atoms with Crippen LogP contribution in [0.2, 0.25) is 0 Å². The van der Waals surface area contributed by atoms with E-state index in [2.05, 4.69) is 6.92 Å². The largest absolute Gasteiger partial charge is 0.480 e. The Bertz CT molecular complexity index is 376. The Balaban J connectivity index is 3.51. The minimum atomic E-state index is -1.75. The molecule has 0 rings (SSSR count). The third-order valence-corrected chi connectivity index (χ3v) is 6.10. The van der Waals surface area contributed by atoms with Gasteiger partial charge in [-0.1, -0.05) is 110 Å². The molecule has 0 aliphatic carbocycles. The fourth-order valence-electron chi connectivity index (χ4n) is 3.71. The summed E-state index contributed by atoms with van der Waals surface area (Å²) >= 11 is 0. The molecule has 0 bridgehead atoms. The number of aliphatic carboxylic acids is 1. The molecule has 1 atom stereocenters. The number of aliphatic hydroxyl groups is 2. The first-order valence-electron chi connectivity index (χ1n) is 11.7. The van der Waals surface area contributed by atoms with Gasteiger partial charge in [-0.3, -0.25) is 4.79 Å². The van der Waals surface area contributed by atoms with Crippen LogP contribution in [0.4, 0.5) is 0 Å². The predicted octanol–water partition coefficient (Wildman–Crippen LogP) is 5.68. The molecule has 0 aromatic heterocycles. The predicted molar refractivity (Wildman–Crippen MR) is 116 cm³/mol. The topological polar surface area (TPSA) is 81.0 Å². The van der Waals surface area contributed by atoms with Crippen molar-refractivity contribution in [3.8, 4) is 0 Å². The molecule has 0 aromatic rings. The molecule has 0 saturated heterocycles. The van der Waals surface area contributed by atoms with Crippen LogP contribution in [0.25, 0.3) is 0 Å². The summed E-state index contributed by atoms with van der Waals surface area (Å²) in [5.74, 6) is -1.01. The lowest BCUT2D eigenvalue weighted by atomic mass is 9.92. The van der Waals surface area contributed by atoms with Gasteiger partial charge in [0.2, 0.25) is 6.41 Å². The van der Waals surface area contributed by atoms with Gasteiger partial charge in [0.15, 0.2) is 0 Å². The number of rotatable bonds is 20. The molecule has 0 radical (unpaired) electrons. The Hall–Kier alpha value is -0.650. The van der Waals surface area contributed by atoms with E-state index in [1.807, 2.05) is 0 Å². The van der Waals surface area contributed by atoms with Gasteiger partial charge < -0.3 is 15.3 Å². The summed E-state index contributed by atoms with van der Waals surface area (Å²) in [7, 11) is 1.44. The van der Waals surface area contributed by atoms with Crippen LogP contribution in [-0.4, -0.2) is 45.2 Å². The molecular formula is C23H47NO4.